The first-order valence-corrected chi connectivity index (χ1v) is 8.93. The Hall–Kier alpha value is -0.210. The van der Waals surface area contributed by atoms with Gasteiger partial charge in [-0.3, -0.25) is 0 Å². The number of benzene rings is 1. The summed E-state index contributed by atoms with van der Waals surface area (Å²) in [6.45, 7) is 7.31. The minimum absolute atomic E-state index is 0.0893. The lowest BCUT2D eigenvalue weighted by Crippen LogP contribution is -2.08. The fourth-order valence-corrected chi connectivity index (χ4v) is 3.37. The van der Waals surface area contributed by atoms with E-state index in [0.29, 0.717) is 5.92 Å². The third-order valence-electron chi connectivity index (χ3n) is 3.47. The summed E-state index contributed by atoms with van der Waals surface area (Å²) >= 11 is 10.3. The van der Waals surface area contributed by atoms with Crippen LogP contribution in [0.3, 0.4) is 0 Å². The third kappa shape index (κ3) is 5.29. The molecule has 0 aliphatic rings. The van der Waals surface area contributed by atoms with Gasteiger partial charge in [-0.15, -0.1) is 11.6 Å². The van der Waals surface area contributed by atoms with E-state index in [9.17, 15) is 0 Å². The largest absolute Gasteiger partial charge is 0.492 e. The summed E-state index contributed by atoms with van der Waals surface area (Å²) in [7, 11) is 0. The Morgan fingerprint density at radius 3 is 2.25 bits per heavy atom. The molecule has 1 nitrogen and oxygen atoms in total. The predicted octanol–water partition coefficient (Wildman–Crippen LogP) is 6.73. The number of hydrogen-bond donors (Lipinski definition) is 0. The summed E-state index contributed by atoms with van der Waals surface area (Å²) in [5.41, 5.74) is 1.19. The Balaban J connectivity index is 2.81. The van der Waals surface area contributed by atoms with Crippen LogP contribution in [0.1, 0.15) is 63.8 Å². The third-order valence-corrected chi connectivity index (χ3v) is 4.70. The highest BCUT2D eigenvalue weighted by Crippen LogP contribution is 2.38. The van der Waals surface area contributed by atoms with Gasteiger partial charge in [-0.25, -0.2) is 0 Å². The van der Waals surface area contributed by atoms with Gasteiger partial charge in [-0.05, 0) is 58.8 Å². The van der Waals surface area contributed by atoms with Crippen molar-refractivity contribution in [3.63, 3.8) is 0 Å². The van der Waals surface area contributed by atoms with Gasteiger partial charge in [0.1, 0.15) is 5.75 Å². The second kappa shape index (κ2) is 9.68. The number of alkyl halides is 1. The van der Waals surface area contributed by atoms with Gasteiger partial charge in [0, 0.05) is 0 Å². The van der Waals surface area contributed by atoms with Gasteiger partial charge >= 0.3 is 0 Å². The Morgan fingerprint density at radius 2 is 1.75 bits per heavy atom. The van der Waals surface area contributed by atoms with Crippen molar-refractivity contribution in [2.75, 3.05) is 6.61 Å². The zero-order valence-electron chi connectivity index (χ0n) is 12.8. The van der Waals surface area contributed by atoms with Crippen LogP contribution in [0.4, 0.5) is 0 Å². The molecule has 0 radical (unpaired) electrons. The molecule has 1 rings (SSSR count). The van der Waals surface area contributed by atoms with Gasteiger partial charge in [0.15, 0.2) is 0 Å². The molecular formula is C17H26BrClO. The van der Waals surface area contributed by atoms with E-state index >= 15 is 0 Å². The Kier molecular flexibility index (Phi) is 8.63. The van der Waals surface area contributed by atoms with Crippen LogP contribution in [-0.4, -0.2) is 6.61 Å². The van der Waals surface area contributed by atoms with Gasteiger partial charge < -0.3 is 4.74 Å². The molecule has 1 atom stereocenters. The summed E-state index contributed by atoms with van der Waals surface area (Å²) < 4.78 is 6.69. The highest BCUT2D eigenvalue weighted by Gasteiger charge is 2.20. The molecule has 0 bridgehead atoms. The van der Waals surface area contributed by atoms with E-state index < -0.39 is 0 Å². The average molecular weight is 362 g/mol. The van der Waals surface area contributed by atoms with Crippen molar-refractivity contribution in [2.45, 2.75) is 58.3 Å². The molecule has 0 heterocycles. The molecule has 3 heteroatoms. The monoisotopic (exact) mass is 360 g/mol. The van der Waals surface area contributed by atoms with Gasteiger partial charge in [-0.1, -0.05) is 39.7 Å². The van der Waals surface area contributed by atoms with Gasteiger partial charge in [-0.2, -0.15) is 0 Å². The van der Waals surface area contributed by atoms with E-state index in [4.69, 9.17) is 16.3 Å². The lowest BCUT2D eigenvalue weighted by molar-refractivity contribution is 0.315. The van der Waals surface area contributed by atoms with E-state index in [2.05, 4.69) is 48.8 Å². The molecule has 0 saturated heterocycles. The minimum Gasteiger partial charge on any atom is -0.492 e. The second-order valence-electron chi connectivity index (χ2n) is 5.28. The predicted molar refractivity (Wildman–Crippen MR) is 91.8 cm³/mol. The van der Waals surface area contributed by atoms with Crippen LogP contribution in [0.25, 0.3) is 0 Å². The molecule has 1 aromatic rings. The van der Waals surface area contributed by atoms with Crippen molar-refractivity contribution in [2.24, 2.45) is 5.92 Å². The lowest BCUT2D eigenvalue weighted by Gasteiger charge is -2.22. The van der Waals surface area contributed by atoms with Crippen LogP contribution in [-0.2, 0) is 0 Å². The zero-order chi connectivity index (χ0) is 15.0. The Morgan fingerprint density at radius 1 is 1.10 bits per heavy atom. The van der Waals surface area contributed by atoms with Crippen molar-refractivity contribution in [3.05, 3.63) is 28.2 Å². The van der Waals surface area contributed by atoms with Crippen molar-refractivity contribution in [1.29, 1.82) is 0 Å². The lowest BCUT2D eigenvalue weighted by atomic mass is 9.90. The molecule has 0 aliphatic carbocycles. The summed E-state index contributed by atoms with van der Waals surface area (Å²) in [6.07, 6.45) is 5.77. The zero-order valence-corrected chi connectivity index (χ0v) is 15.1. The summed E-state index contributed by atoms with van der Waals surface area (Å²) in [5.74, 6) is 1.46. The van der Waals surface area contributed by atoms with Crippen LogP contribution in [0.5, 0.6) is 5.75 Å². The van der Waals surface area contributed by atoms with Crippen molar-refractivity contribution >= 4 is 27.5 Å². The first-order chi connectivity index (χ1) is 9.63. The van der Waals surface area contributed by atoms with E-state index in [-0.39, 0.29) is 5.38 Å². The van der Waals surface area contributed by atoms with E-state index in [0.717, 1.165) is 23.2 Å². The second-order valence-corrected chi connectivity index (χ2v) is 6.60. The normalized spacial score (nSPS) is 12.7. The summed E-state index contributed by atoms with van der Waals surface area (Å²) in [6, 6.07) is 6.24. The van der Waals surface area contributed by atoms with Gasteiger partial charge in [0.05, 0.1) is 16.5 Å². The van der Waals surface area contributed by atoms with Gasteiger partial charge in [0.25, 0.3) is 0 Å². The number of ether oxygens (including phenoxy) is 1. The molecule has 0 amide bonds. The van der Waals surface area contributed by atoms with Crippen LogP contribution in [0.15, 0.2) is 22.7 Å². The number of hydrogen-bond acceptors (Lipinski definition) is 1. The van der Waals surface area contributed by atoms with Crippen LogP contribution < -0.4 is 4.74 Å². The van der Waals surface area contributed by atoms with Crippen LogP contribution in [0.2, 0.25) is 0 Å². The molecule has 1 aromatic carbocycles. The molecular weight excluding hydrogens is 336 g/mol. The molecule has 0 saturated carbocycles. The summed E-state index contributed by atoms with van der Waals surface area (Å²) in [5, 5.41) is 0.0893. The molecule has 114 valence electrons. The van der Waals surface area contributed by atoms with E-state index in [1.165, 1.54) is 31.2 Å². The van der Waals surface area contributed by atoms with E-state index in [1.54, 1.807) is 0 Å². The molecule has 0 aromatic heterocycles. The molecule has 1 unspecified atom stereocenters. The van der Waals surface area contributed by atoms with E-state index in [1.807, 2.05) is 6.07 Å². The molecule has 20 heavy (non-hydrogen) atoms. The van der Waals surface area contributed by atoms with Crippen LogP contribution >= 0.6 is 27.5 Å². The SMILES string of the molecule is CCCOc1ccc(C(Cl)C(CCC)CCC)cc1Br. The first kappa shape index (κ1) is 17.8. The first-order valence-electron chi connectivity index (χ1n) is 7.70. The topological polar surface area (TPSA) is 9.23 Å². The van der Waals surface area contributed by atoms with Crippen molar-refractivity contribution in [3.8, 4) is 5.75 Å². The maximum absolute atomic E-state index is 6.70. The molecule has 0 N–H and O–H groups in total. The fraction of sp³-hybridized carbons (Fsp3) is 0.647. The Bertz CT molecular complexity index is 389. The minimum atomic E-state index is 0.0893. The standard InChI is InChI=1S/C17H26BrClO/c1-4-7-13(8-5-2)17(19)14-9-10-16(15(18)12-14)20-11-6-3/h9-10,12-13,17H,4-8,11H2,1-3H3. The number of rotatable bonds is 9. The maximum atomic E-state index is 6.70. The highest BCUT2D eigenvalue weighted by atomic mass is 79.9. The number of halogens is 2. The summed E-state index contributed by atoms with van der Waals surface area (Å²) in [4.78, 5) is 0. The van der Waals surface area contributed by atoms with Crippen molar-refractivity contribution < 1.29 is 4.74 Å². The molecule has 0 fully saturated rings. The van der Waals surface area contributed by atoms with Crippen molar-refractivity contribution in [1.82, 2.24) is 0 Å². The highest BCUT2D eigenvalue weighted by molar-refractivity contribution is 9.10. The fourth-order valence-electron chi connectivity index (χ4n) is 2.47. The van der Waals surface area contributed by atoms with Gasteiger partial charge in [0.2, 0.25) is 0 Å². The molecule has 0 aliphatic heterocycles. The Labute approximate surface area is 137 Å². The maximum Gasteiger partial charge on any atom is 0.133 e. The quantitative estimate of drug-likeness (QED) is 0.443. The smallest absolute Gasteiger partial charge is 0.133 e. The average Bonchev–Trinajstić information content (AvgIpc) is 2.45. The van der Waals surface area contributed by atoms with Crippen LogP contribution in [0, 0.1) is 5.92 Å². The molecule has 0 spiro atoms.